The molecule has 34 heavy (non-hydrogen) atoms. The third-order valence-corrected chi connectivity index (χ3v) is 5.16. The number of carbonyl (C=O) groups is 2. The van der Waals surface area contributed by atoms with Gasteiger partial charge in [0.2, 0.25) is 0 Å². The van der Waals surface area contributed by atoms with Gasteiger partial charge in [0.25, 0.3) is 0 Å². The van der Waals surface area contributed by atoms with Gasteiger partial charge in [0.05, 0.1) is 23.5 Å². The fraction of sp³-hybridized carbons (Fsp3) is 0.167. The third-order valence-electron chi connectivity index (χ3n) is 4.82. The summed E-state index contributed by atoms with van der Waals surface area (Å²) >= 11 is 5.74. The molecule has 0 bridgehead atoms. The van der Waals surface area contributed by atoms with Crippen molar-refractivity contribution >= 4 is 40.8 Å². The van der Waals surface area contributed by atoms with E-state index in [1.165, 1.54) is 24.3 Å². The second-order valence-corrected chi connectivity index (χ2v) is 7.44. The van der Waals surface area contributed by atoms with Crippen molar-refractivity contribution in [1.29, 1.82) is 0 Å². The number of hydrogen-bond acceptors (Lipinski definition) is 7. The van der Waals surface area contributed by atoms with Gasteiger partial charge in [0.15, 0.2) is 17.9 Å². The normalized spacial score (nSPS) is 14.9. The first kappa shape index (κ1) is 24.8. The van der Waals surface area contributed by atoms with E-state index in [1.807, 2.05) is 6.07 Å². The Kier molecular flexibility index (Phi) is 8.26. The highest BCUT2D eigenvalue weighted by Crippen LogP contribution is 2.29. The van der Waals surface area contributed by atoms with E-state index in [-0.39, 0.29) is 34.5 Å². The maximum Gasteiger partial charge on any atom is 0.170 e. The molecule has 1 aliphatic heterocycles. The van der Waals surface area contributed by atoms with Crippen LogP contribution >= 0.6 is 11.6 Å². The number of nitrogens with two attached hydrogens (primary N) is 1. The lowest BCUT2D eigenvalue weighted by molar-refractivity contribution is -0.117. The van der Waals surface area contributed by atoms with E-state index in [0.29, 0.717) is 24.3 Å². The smallest absolute Gasteiger partial charge is 0.170 e. The largest absolute Gasteiger partial charge is 0.488 e. The SMILES string of the molecule is CNc1cnccc1C1=CC(=O)C[C@@H](CCl)O1.Nc1cc(F)c(-c2ccccc2F)nc1C=O. The minimum atomic E-state index is -0.766. The second-order valence-electron chi connectivity index (χ2n) is 7.14. The van der Waals surface area contributed by atoms with E-state index in [1.54, 1.807) is 25.5 Å². The van der Waals surface area contributed by atoms with E-state index in [4.69, 9.17) is 22.1 Å². The van der Waals surface area contributed by atoms with Crippen molar-refractivity contribution in [3.63, 3.8) is 0 Å². The van der Waals surface area contributed by atoms with Gasteiger partial charge in [-0.15, -0.1) is 11.6 Å². The number of nitrogens with one attached hydrogen (secondary N) is 1. The van der Waals surface area contributed by atoms with Crippen LogP contribution in [-0.2, 0) is 9.53 Å². The summed E-state index contributed by atoms with van der Waals surface area (Å²) in [5.41, 5.74) is 6.63. The Labute approximate surface area is 199 Å². The van der Waals surface area contributed by atoms with Crippen molar-refractivity contribution in [2.75, 3.05) is 24.0 Å². The minimum absolute atomic E-state index is 0.00639. The number of alkyl halides is 1. The van der Waals surface area contributed by atoms with Gasteiger partial charge in [-0.3, -0.25) is 14.6 Å². The molecule has 3 N–H and O–H groups in total. The molecule has 3 aromatic rings. The van der Waals surface area contributed by atoms with Crippen LogP contribution in [0.4, 0.5) is 20.2 Å². The molecule has 0 saturated heterocycles. The maximum absolute atomic E-state index is 13.6. The number of nitrogens with zero attached hydrogens (tertiary/aromatic N) is 2. The molecule has 0 amide bonds. The molecule has 1 aromatic carbocycles. The number of aromatic nitrogens is 2. The Bertz CT molecular complexity index is 1240. The Morgan fingerprint density at radius 3 is 2.68 bits per heavy atom. The lowest BCUT2D eigenvalue weighted by Crippen LogP contribution is -2.23. The number of hydrogen-bond donors (Lipinski definition) is 2. The molecular weight excluding hydrogens is 466 g/mol. The van der Waals surface area contributed by atoms with E-state index in [0.717, 1.165) is 17.3 Å². The quantitative estimate of drug-likeness (QED) is 0.404. The highest BCUT2D eigenvalue weighted by molar-refractivity contribution is 6.18. The van der Waals surface area contributed by atoms with Crippen LogP contribution in [0, 0.1) is 11.6 Å². The zero-order chi connectivity index (χ0) is 24.7. The number of rotatable bonds is 5. The molecule has 10 heteroatoms. The lowest BCUT2D eigenvalue weighted by atomic mass is 10.1. The summed E-state index contributed by atoms with van der Waals surface area (Å²) in [4.78, 5) is 29.9. The lowest BCUT2D eigenvalue weighted by Gasteiger charge is -2.23. The molecule has 0 aliphatic carbocycles. The van der Waals surface area contributed by atoms with Crippen LogP contribution < -0.4 is 11.1 Å². The number of nitrogen functional groups attached to an aromatic ring is 1. The number of allylic oxidation sites excluding steroid dienone is 1. The van der Waals surface area contributed by atoms with Crippen LogP contribution in [0.2, 0.25) is 0 Å². The second kappa shape index (κ2) is 11.3. The molecule has 176 valence electrons. The van der Waals surface area contributed by atoms with Crippen molar-refractivity contribution in [3.8, 4) is 11.3 Å². The fourth-order valence-corrected chi connectivity index (χ4v) is 3.35. The number of aldehydes is 1. The third kappa shape index (κ3) is 5.74. The zero-order valence-corrected chi connectivity index (χ0v) is 18.9. The van der Waals surface area contributed by atoms with Crippen molar-refractivity contribution in [2.45, 2.75) is 12.5 Å². The van der Waals surface area contributed by atoms with E-state index in [2.05, 4.69) is 15.3 Å². The van der Waals surface area contributed by atoms with E-state index in [9.17, 15) is 18.4 Å². The number of carbonyl (C=O) groups excluding carboxylic acids is 2. The topological polar surface area (TPSA) is 107 Å². The van der Waals surface area contributed by atoms with Crippen molar-refractivity contribution < 1.29 is 23.1 Å². The Hall–Kier alpha value is -3.85. The molecule has 1 aliphatic rings. The maximum atomic E-state index is 13.6. The summed E-state index contributed by atoms with van der Waals surface area (Å²) in [6, 6.07) is 8.37. The van der Waals surface area contributed by atoms with Crippen LogP contribution in [0.25, 0.3) is 17.0 Å². The molecule has 7 nitrogen and oxygen atoms in total. The van der Waals surface area contributed by atoms with Crippen LogP contribution in [0.5, 0.6) is 0 Å². The first-order valence-electron chi connectivity index (χ1n) is 10.1. The number of benzene rings is 1. The highest BCUT2D eigenvalue weighted by Gasteiger charge is 2.23. The van der Waals surface area contributed by atoms with Gasteiger partial charge in [0.1, 0.15) is 29.1 Å². The van der Waals surface area contributed by atoms with E-state index >= 15 is 0 Å². The molecule has 0 spiro atoms. The average molecular weight is 487 g/mol. The van der Waals surface area contributed by atoms with Gasteiger partial charge < -0.3 is 15.8 Å². The van der Waals surface area contributed by atoms with Crippen LogP contribution in [-0.4, -0.2) is 41.1 Å². The fourth-order valence-electron chi connectivity index (χ4n) is 3.17. The molecular formula is C24H21ClF2N4O3. The molecule has 3 heterocycles. The Morgan fingerprint density at radius 1 is 1.24 bits per heavy atom. The first-order chi connectivity index (χ1) is 16.4. The van der Waals surface area contributed by atoms with Gasteiger partial charge >= 0.3 is 0 Å². The summed E-state index contributed by atoms with van der Waals surface area (Å²) in [5, 5.41) is 3.01. The number of anilines is 2. The predicted molar refractivity (Wildman–Crippen MR) is 126 cm³/mol. The molecule has 4 rings (SSSR count). The zero-order valence-electron chi connectivity index (χ0n) is 18.1. The van der Waals surface area contributed by atoms with Gasteiger partial charge in [-0.25, -0.2) is 13.8 Å². The number of pyridine rings is 2. The Morgan fingerprint density at radius 2 is 2.00 bits per heavy atom. The van der Waals surface area contributed by atoms with Crippen LogP contribution in [0.3, 0.4) is 0 Å². The van der Waals surface area contributed by atoms with Gasteiger partial charge in [-0.05, 0) is 18.2 Å². The molecule has 0 fully saturated rings. The first-order valence-corrected chi connectivity index (χ1v) is 10.7. The average Bonchev–Trinajstić information content (AvgIpc) is 2.84. The van der Waals surface area contributed by atoms with E-state index < -0.39 is 11.6 Å². The van der Waals surface area contributed by atoms with Gasteiger partial charge in [-0.2, -0.15) is 0 Å². The van der Waals surface area contributed by atoms with Gasteiger partial charge in [-0.1, -0.05) is 12.1 Å². The Balaban J connectivity index is 0.000000191. The minimum Gasteiger partial charge on any atom is -0.488 e. The van der Waals surface area contributed by atoms with Crippen LogP contribution in [0.1, 0.15) is 22.5 Å². The summed E-state index contributed by atoms with van der Waals surface area (Å²) in [5.74, 6) is -0.476. The number of ketones is 1. The number of ether oxygens (including phenoxy) is 1. The molecule has 2 aromatic heterocycles. The standard InChI is InChI=1S/C12H13ClN2O2.C12H8F2N2O/c1-14-11-7-15-3-2-10(11)12-5-8(16)4-9(6-13)17-12;13-8-4-2-1-3-7(8)12-9(14)5-10(15)11(6-17)16-12/h2-3,5,7,9,14H,4,6H2,1H3;1-6H,15H2/t9-;/m0./s1. The monoisotopic (exact) mass is 486 g/mol. The van der Waals surface area contributed by atoms with Crippen molar-refractivity contribution in [3.05, 3.63) is 77.8 Å². The summed E-state index contributed by atoms with van der Waals surface area (Å²) in [7, 11) is 1.80. The van der Waals surface area contributed by atoms with Crippen LogP contribution in [0.15, 0.2) is 54.9 Å². The molecule has 0 saturated carbocycles. The summed E-state index contributed by atoms with van der Waals surface area (Å²) < 4.78 is 32.7. The molecule has 0 unspecified atom stereocenters. The molecule has 1 atom stereocenters. The van der Waals surface area contributed by atoms with Gasteiger partial charge in [0, 0.05) is 42.9 Å². The predicted octanol–water partition coefficient (Wildman–Crippen LogP) is 4.48. The number of halogens is 3. The summed E-state index contributed by atoms with van der Waals surface area (Å²) in [6.45, 7) is 0. The van der Waals surface area contributed by atoms with Crippen molar-refractivity contribution in [1.82, 2.24) is 9.97 Å². The summed E-state index contributed by atoms with van der Waals surface area (Å²) in [6.07, 6.45) is 5.36. The van der Waals surface area contributed by atoms with Crippen molar-refractivity contribution in [2.24, 2.45) is 0 Å². The molecule has 0 radical (unpaired) electrons. The highest BCUT2D eigenvalue weighted by atomic mass is 35.5.